The summed E-state index contributed by atoms with van der Waals surface area (Å²) in [5.41, 5.74) is -4.21. The molecule has 6 rings (SSSR count). The summed E-state index contributed by atoms with van der Waals surface area (Å²) in [7, 11) is 4.31. The zero-order valence-electron chi connectivity index (χ0n) is 48.9. The van der Waals surface area contributed by atoms with Crippen molar-refractivity contribution < 1.29 is 85.4 Å². The van der Waals surface area contributed by atoms with Gasteiger partial charge in [-0.2, -0.15) is 8.42 Å². The number of likely N-dealkylation sites (N-methyl/N-ethyl adjacent to an activating group) is 1. The Hall–Kier alpha value is -4.54. The Morgan fingerprint density at radius 3 is 2.25 bits per heavy atom. The quantitative estimate of drug-likeness (QED) is 0.0463. The summed E-state index contributed by atoms with van der Waals surface area (Å²) in [4.78, 5) is 54.5. The normalized spacial score (nSPS) is 37.2. The molecule has 25 heteroatoms. The minimum Gasteiger partial charge on any atom is -0.477 e. The van der Waals surface area contributed by atoms with Gasteiger partial charge in [0.2, 0.25) is 5.43 Å². The third-order valence-corrected chi connectivity index (χ3v) is 17.9. The molecule has 0 spiro atoms. The lowest BCUT2D eigenvalue weighted by Crippen LogP contribution is -2.61. The van der Waals surface area contributed by atoms with E-state index in [-0.39, 0.29) is 48.6 Å². The summed E-state index contributed by atoms with van der Waals surface area (Å²) in [5, 5.41) is 53.6. The third kappa shape index (κ3) is 14.1. The first kappa shape index (κ1) is 64.6. The molecule has 0 unspecified atom stereocenters. The fourth-order valence-electron chi connectivity index (χ4n) is 12.3. The van der Waals surface area contributed by atoms with E-state index < -0.39 is 141 Å². The lowest BCUT2D eigenvalue weighted by molar-refractivity contribution is -0.316. The maximum Gasteiger partial charge on any atom is 0.509 e. The number of aliphatic hydroxyl groups is 2. The molecule has 0 aliphatic carbocycles. The Morgan fingerprint density at radius 1 is 0.950 bits per heavy atom. The number of carbonyl (C=O) groups is 3. The van der Waals surface area contributed by atoms with Gasteiger partial charge >= 0.3 is 18.1 Å². The Kier molecular flexibility index (Phi) is 21.0. The van der Waals surface area contributed by atoms with Crippen molar-refractivity contribution in [2.45, 2.75) is 192 Å². The predicted molar refractivity (Wildman–Crippen MR) is 293 cm³/mol. The molecule has 1 aromatic heterocycles. The van der Waals surface area contributed by atoms with Gasteiger partial charge in [0.05, 0.1) is 58.5 Å². The van der Waals surface area contributed by atoms with Crippen LogP contribution >= 0.6 is 0 Å². The molecule has 24 nitrogen and oxygen atoms in total. The van der Waals surface area contributed by atoms with Crippen LogP contribution in [0.1, 0.15) is 117 Å². The zero-order valence-corrected chi connectivity index (χ0v) is 49.8. The zero-order chi connectivity index (χ0) is 59.6. The fraction of sp³-hybridized carbons (Fsp3) is 0.764. The van der Waals surface area contributed by atoms with E-state index >= 15 is 0 Å². The molecular formula is C55H87N5O19S. The van der Waals surface area contributed by atoms with Crippen LogP contribution in [0.5, 0.6) is 0 Å². The highest BCUT2D eigenvalue weighted by molar-refractivity contribution is 7.86. The summed E-state index contributed by atoms with van der Waals surface area (Å²) in [6, 6.07) is 4.91. The van der Waals surface area contributed by atoms with Gasteiger partial charge in [-0.25, -0.2) is 9.59 Å². The lowest BCUT2D eigenvalue weighted by Gasteiger charge is -2.49. The van der Waals surface area contributed by atoms with E-state index in [9.17, 15) is 48.1 Å². The number of carbonyl (C=O) groups excluding carboxylic acids is 2. The van der Waals surface area contributed by atoms with Crippen molar-refractivity contribution in [2.24, 2.45) is 28.8 Å². The van der Waals surface area contributed by atoms with E-state index in [4.69, 9.17) is 42.1 Å². The number of fused-ring (bicyclic) bond motifs is 2. The molecule has 4 saturated heterocycles. The van der Waals surface area contributed by atoms with Gasteiger partial charge < -0.3 is 73.6 Å². The number of benzene rings is 1. The van der Waals surface area contributed by atoms with Crippen molar-refractivity contribution in [1.82, 2.24) is 14.9 Å². The number of aromatic nitrogens is 1. The number of carboxylic acid groups (broad SMARTS) is 1. The Labute approximate surface area is 469 Å². The van der Waals surface area contributed by atoms with E-state index in [0.717, 1.165) is 5.56 Å². The van der Waals surface area contributed by atoms with Crippen LogP contribution in [0.3, 0.4) is 0 Å². The summed E-state index contributed by atoms with van der Waals surface area (Å²) in [6.45, 7) is 17.2. The summed E-state index contributed by atoms with van der Waals surface area (Å²) >= 11 is 0. The van der Waals surface area contributed by atoms with Gasteiger partial charge in [0.25, 0.3) is 10.1 Å². The van der Waals surface area contributed by atoms with Crippen molar-refractivity contribution in [3.05, 3.63) is 45.7 Å². The Bertz CT molecular complexity index is 2710. The van der Waals surface area contributed by atoms with Crippen molar-refractivity contribution >= 4 is 44.8 Å². The molecule has 1 aromatic carbocycles. The average Bonchev–Trinajstić information content (AvgIpc) is 3.89. The van der Waals surface area contributed by atoms with Gasteiger partial charge in [0.15, 0.2) is 24.3 Å². The standard InChI is InChI=1S/C55H87N5O19S/c1-16-40-55(10)47(77-52(66)78-55)31(4)42(57-68)29(2)26-53(8,67)46(76-51-44(62)39(58(11)12)24-30(3)72-51)32(5)45(33(6)50(65)74-40)75-41-27-54(9,71-15)48(34(7)73-41)79-80(69,70)23-22-56-21-17-18-35-19-20-38-36(25-35)43(61)37(49(63)64)28-60(38)59(13)14/h19-20,25,28-34,39-41,44-48,51,56,62,67-68H,16-18,21-24,26-27H2,1-15H3,(H,63,64)/b57-42+/t29-,30-,31+,32+,33-,34+,39+,40-,41+,44-,45+,46-,47-,48+,51+,53-,54-,55-/m1/s1. The SMILES string of the molecule is CC[C@H]1OC(=O)[C@H](C)[C@@H](O[C@H]2C[C@@](C)(OC)[C@@H](OS(=O)(=O)CCNCCCc3ccc4c(c3)c(=O)c(C(=O)O)cn4N(C)C)[C@H](C)O2)[C@H](C)[C@@H](O[C@@H]2O[C@H](C)C[C@H](N(C)C)[C@H]2O)[C@](C)(O)C[C@@H](C)/C(=N\O)[C@H](C)[C@H]2OC(=O)O[C@@]21C. The van der Waals surface area contributed by atoms with Crippen molar-refractivity contribution in [1.29, 1.82) is 0 Å². The molecule has 5 heterocycles. The highest BCUT2D eigenvalue weighted by atomic mass is 32.2. The number of nitrogens with one attached hydrogen (secondary N) is 1. The number of rotatable bonds is 18. The molecule has 4 fully saturated rings. The van der Waals surface area contributed by atoms with Gasteiger partial charge in [-0.05, 0) is 112 Å². The highest BCUT2D eigenvalue weighted by Crippen LogP contribution is 2.44. The number of methoxy groups -OCH3 is 1. The molecule has 0 bridgehead atoms. The van der Waals surface area contributed by atoms with Crippen molar-refractivity contribution in [3.8, 4) is 0 Å². The number of aliphatic hydroxyl groups excluding tert-OH is 1. The van der Waals surface area contributed by atoms with Crippen LogP contribution in [0.2, 0.25) is 0 Å². The molecule has 18 atom stereocenters. The summed E-state index contributed by atoms with van der Waals surface area (Å²) in [6.07, 6.45) is -9.11. The second-order valence-corrected chi connectivity index (χ2v) is 25.1. The number of ether oxygens (including phenoxy) is 8. The molecule has 4 aliphatic heterocycles. The number of esters is 1. The molecule has 4 aliphatic rings. The van der Waals surface area contributed by atoms with Crippen LogP contribution in [0.15, 0.2) is 34.3 Å². The van der Waals surface area contributed by atoms with E-state index in [0.29, 0.717) is 31.3 Å². The number of carboxylic acids is 1. The van der Waals surface area contributed by atoms with Gasteiger partial charge in [-0.1, -0.05) is 38.9 Å². The second-order valence-electron chi connectivity index (χ2n) is 23.4. The number of hydrogen-bond donors (Lipinski definition) is 5. The molecular weight excluding hydrogens is 1070 g/mol. The first-order valence-electron chi connectivity index (χ1n) is 27.6. The maximum atomic E-state index is 14.8. The average molecular weight is 1150 g/mol. The molecule has 0 amide bonds. The number of pyridine rings is 1. The lowest BCUT2D eigenvalue weighted by atomic mass is 9.73. The monoisotopic (exact) mass is 1150 g/mol. The Balaban J connectivity index is 1.22. The second kappa shape index (κ2) is 25.9. The smallest absolute Gasteiger partial charge is 0.477 e. The van der Waals surface area contributed by atoms with E-state index in [1.165, 1.54) is 20.2 Å². The molecule has 2 aromatic rings. The van der Waals surface area contributed by atoms with Crippen LogP contribution in [-0.4, -0.2) is 201 Å². The van der Waals surface area contributed by atoms with E-state index in [1.54, 1.807) is 91.3 Å². The number of hydrogen-bond acceptors (Lipinski definition) is 22. The molecule has 80 heavy (non-hydrogen) atoms. The van der Waals surface area contributed by atoms with Crippen molar-refractivity contribution in [2.75, 3.05) is 59.2 Å². The van der Waals surface area contributed by atoms with Gasteiger partial charge in [0.1, 0.15) is 23.9 Å². The number of nitrogens with zero attached hydrogens (tertiary/aromatic N) is 4. The topological polar surface area (TPSA) is 302 Å². The Morgan fingerprint density at radius 2 is 1.64 bits per heavy atom. The largest absolute Gasteiger partial charge is 0.509 e. The third-order valence-electron chi connectivity index (χ3n) is 16.7. The number of aromatic carboxylic acids is 1. The minimum atomic E-state index is -4.23. The van der Waals surface area contributed by atoms with Crippen LogP contribution in [0.4, 0.5) is 4.79 Å². The van der Waals surface area contributed by atoms with Crippen LogP contribution in [0, 0.1) is 23.7 Å². The molecule has 5 N–H and O–H groups in total. The van der Waals surface area contributed by atoms with Gasteiger partial charge in [-0.3, -0.25) is 18.4 Å². The maximum absolute atomic E-state index is 14.8. The summed E-state index contributed by atoms with van der Waals surface area (Å²) in [5.74, 6) is -6.16. The highest BCUT2D eigenvalue weighted by Gasteiger charge is 2.59. The van der Waals surface area contributed by atoms with Crippen LogP contribution in [-0.2, 0) is 63.4 Å². The first-order valence-corrected chi connectivity index (χ1v) is 29.2. The van der Waals surface area contributed by atoms with Gasteiger partial charge in [-0.15, -0.1) is 0 Å². The number of cyclic esters (lactones) is 1. The van der Waals surface area contributed by atoms with Crippen LogP contribution in [0.25, 0.3) is 10.9 Å². The number of aryl methyl sites for hydroxylation is 1. The summed E-state index contributed by atoms with van der Waals surface area (Å²) < 4.78 is 85.1. The molecule has 452 valence electrons. The fourth-order valence-corrected chi connectivity index (χ4v) is 13.5. The molecule has 0 saturated carbocycles. The van der Waals surface area contributed by atoms with Crippen molar-refractivity contribution in [3.63, 3.8) is 0 Å². The first-order chi connectivity index (χ1) is 37.3. The van der Waals surface area contributed by atoms with Gasteiger partial charge in [0, 0.05) is 69.5 Å². The number of oxime groups is 1. The van der Waals surface area contributed by atoms with E-state index in [2.05, 4.69) is 10.5 Å². The van der Waals surface area contributed by atoms with Crippen LogP contribution < -0.4 is 15.8 Å². The molecule has 0 radical (unpaired) electrons. The van der Waals surface area contributed by atoms with E-state index in [1.807, 2.05) is 32.0 Å². The minimum absolute atomic E-state index is 0.0330. The predicted octanol–water partition coefficient (Wildman–Crippen LogP) is 4.02.